The maximum Gasteiger partial charge on any atom is 0.221 e. The highest BCUT2D eigenvalue weighted by atomic mass is 16.5. The standard InChI is InChI=1S/C22H34N4O2/c23-22(27)18-5-3-10-25(15-18)14-17-4-1-2-6-21(17)24-19-7-11-26(12-8-19)20-9-13-28-16-20/h1-2,4,6,18-20,24H,3,5,7-16H2,(H2,23,27). The molecule has 0 radical (unpaired) electrons. The molecule has 3 fully saturated rings. The zero-order chi connectivity index (χ0) is 19.3. The number of para-hydroxylation sites is 1. The number of benzene rings is 1. The summed E-state index contributed by atoms with van der Waals surface area (Å²) in [6, 6.07) is 9.78. The molecule has 154 valence electrons. The number of amides is 1. The van der Waals surface area contributed by atoms with E-state index in [-0.39, 0.29) is 11.8 Å². The van der Waals surface area contributed by atoms with Crippen molar-refractivity contribution in [2.24, 2.45) is 11.7 Å². The van der Waals surface area contributed by atoms with Crippen molar-refractivity contribution in [3.63, 3.8) is 0 Å². The summed E-state index contributed by atoms with van der Waals surface area (Å²) in [7, 11) is 0. The van der Waals surface area contributed by atoms with E-state index in [4.69, 9.17) is 10.5 Å². The number of likely N-dealkylation sites (tertiary alicyclic amines) is 2. The summed E-state index contributed by atoms with van der Waals surface area (Å²) in [6.07, 6.45) is 5.52. The number of hydrogen-bond donors (Lipinski definition) is 2. The summed E-state index contributed by atoms with van der Waals surface area (Å²) in [5, 5.41) is 3.81. The summed E-state index contributed by atoms with van der Waals surface area (Å²) in [5.74, 6) is -0.159. The van der Waals surface area contributed by atoms with E-state index >= 15 is 0 Å². The van der Waals surface area contributed by atoms with Crippen molar-refractivity contribution < 1.29 is 9.53 Å². The van der Waals surface area contributed by atoms with E-state index in [1.807, 2.05) is 0 Å². The number of anilines is 1. The molecule has 3 aliphatic rings. The predicted octanol–water partition coefficient (Wildman–Crippen LogP) is 2.05. The van der Waals surface area contributed by atoms with Gasteiger partial charge in [0.2, 0.25) is 5.91 Å². The number of piperidine rings is 2. The topological polar surface area (TPSA) is 70.8 Å². The van der Waals surface area contributed by atoms with Gasteiger partial charge in [0, 0.05) is 50.6 Å². The van der Waals surface area contributed by atoms with Crippen LogP contribution in [0.3, 0.4) is 0 Å². The Bertz CT molecular complexity index is 654. The van der Waals surface area contributed by atoms with Crippen LogP contribution in [0.25, 0.3) is 0 Å². The summed E-state index contributed by atoms with van der Waals surface area (Å²) < 4.78 is 5.55. The molecule has 0 spiro atoms. The molecule has 0 aromatic heterocycles. The quantitative estimate of drug-likeness (QED) is 0.783. The third-order valence-corrected chi connectivity index (χ3v) is 6.63. The normalized spacial score (nSPS) is 27.7. The van der Waals surface area contributed by atoms with Gasteiger partial charge in [-0.2, -0.15) is 0 Å². The number of carbonyl (C=O) groups is 1. The van der Waals surface area contributed by atoms with E-state index in [0.717, 1.165) is 58.8 Å². The molecule has 3 N–H and O–H groups in total. The van der Waals surface area contributed by atoms with Crippen LogP contribution in [0.5, 0.6) is 0 Å². The van der Waals surface area contributed by atoms with E-state index in [9.17, 15) is 4.79 Å². The van der Waals surface area contributed by atoms with E-state index in [1.54, 1.807) is 0 Å². The average molecular weight is 387 g/mol. The largest absolute Gasteiger partial charge is 0.382 e. The fraction of sp³-hybridized carbons (Fsp3) is 0.682. The van der Waals surface area contributed by atoms with Gasteiger partial charge in [0.05, 0.1) is 12.5 Å². The number of nitrogens with two attached hydrogens (primary N) is 1. The lowest BCUT2D eigenvalue weighted by Crippen LogP contribution is -2.45. The maximum absolute atomic E-state index is 11.6. The van der Waals surface area contributed by atoms with Crippen LogP contribution < -0.4 is 11.1 Å². The van der Waals surface area contributed by atoms with Gasteiger partial charge in [0.15, 0.2) is 0 Å². The van der Waals surface area contributed by atoms with Gasteiger partial charge in [-0.1, -0.05) is 18.2 Å². The Kier molecular flexibility index (Phi) is 6.50. The molecule has 6 heteroatoms. The van der Waals surface area contributed by atoms with Crippen LogP contribution in [-0.4, -0.2) is 67.2 Å². The molecule has 3 saturated heterocycles. The van der Waals surface area contributed by atoms with Crippen molar-refractivity contribution in [2.45, 2.75) is 50.7 Å². The number of carbonyl (C=O) groups excluding carboxylic acids is 1. The zero-order valence-electron chi connectivity index (χ0n) is 16.8. The summed E-state index contributed by atoms with van der Waals surface area (Å²) >= 11 is 0. The summed E-state index contributed by atoms with van der Waals surface area (Å²) in [5.41, 5.74) is 8.10. The highest BCUT2D eigenvalue weighted by Gasteiger charge is 2.28. The highest BCUT2D eigenvalue weighted by molar-refractivity contribution is 5.76. The Labute approximate surface area is 168 Å². The van der Waals surface area contributed by atoms with Crippen molar-refractivity contribution in [1.82, 2.24) is 9.80 Å². The molecule has 3 aliphatic heterocycles. The highest BCUT2D eigenvalue weighted by Crippen LogP contribution is 2.25. The molecule has 3 heterocycles. The second kappa shape index (κ2) is 9.25. The van der Waals surface area contributed by atoms with E-state index < -0.39 is 0 Å². The summed E-state index contributed by atoms with van der Waals surface area (Å²) in [4.78, 5) is 16.6. The Morgan fingerprint density at radius 3 is 2.71 bits per heavy atom. The number of nitrogens with zero attached hydrogens (tertiary/aromatic N) is 2. The Morgan fingerprint density at radius 2 is 1.96 bits per heavy atom. The van der Waals surface area contributed by atoms with Gasteiger partial charge in [0.25, 0.3) is 0 Å². The molecular formula is C22H34N4O2. The van der Waals surface area contributed by atoms with Crippen LogP contribution in [0.1, 0.15) is 37.7 Å². The smallest absolute Gasteiger partial charge is 0.221 e. The van der Waals surface area contributed by atoms with Gasteiger partial charge < -0.3 is 15.8 Å². The molecule has 2 atom stereocenters. The molecule has 1 amide bonds. The van der Waals surface area contributed by atoms with Gasteiger partial charge in [-0.05, 0) is 50.3 Å². The third kappa shape index (κ3) is 4.85. The minimum atomic E-state index is -0.157. The fourth-order valence-corrected chi connectivity index (χ4v) is 4.91. The number of primary amides is 1. The molecule has 0 saturated carbocycles. The predicted molar refractivity (Wildman–Crippen MR) is 111 cm³/mol. The first-order valence-corrected chi connectivity index (χ1v) is 10.9. The number of hydrogen-bond acceptors (Lipinski definition) is 5. The molecule has 0 bridgehead atoms. The molecule has 28 heavy (non-hydrogen) atoms. The van der Waals surface area contributed by atoms with Crippen molar-refractivity contribution in [1.29, 1.82) is 0 Å². The first kappa shape index (κ1) is 19.7. The molecule has 6 nitrogen and oxygen atoms in total. The maximum atomic E-state index is 11.6. The lowest BCUT2D eigenvalue weighted by atomic mass is 9.96. The third-order valence-electron chi connectivity index (χ3n) is 6.63. The second-order valence-corrected chi connectivity index (χ2v) is 8.61. The van der Waals surface area contributed by atoms with Gasteiger partial charge >= 0.3 is 0 Å². The molecule has 0 aliphatic carbocycles. The van der Waals surface area contributed by atoms with Crippen LogP contribution >= 0.6 is 0 Å². The van der Waals surface area contributed by atoms with Crippen LogP contribution in [0.15, 0.2) is 24.3 Å². The first-order valence-electron chi connectivity index (χ1n) is 10.9. The molecule has 1 aromatic carbocycles. The van der Waals surface area contributed by atoms with Crippen LogP contribution in [0.2, 0.25) is 0 Å². The molecular weight excluding hydrogens is 352 g/mol. The molecule has 4 rings (SSSR count). The van der Waals surface area contributed by atoms with Crippen LogP contribution in [0, 0.1) is 5.92 Å². The van der Waals surface area contributed by atoms with Crippen molar-refractivity contribution >= 4 is 11.6 Å². The monoisotopic (exact) mass is 386 g/mol. The van der Waals surface area contributed by atoms with E-state index in [0.29, 0.717) is 12.1 Å². The van der Waals surface area contributed by atoms with Gasteiger partial charge in [0.1, 0.15) is 0 Å². The lowest BCUT2D eigenvalue weighted by Gasteiger charge is -2.36. The average Bonchev–Trinajstić information content (AvgIpc) is 3.25. The minimum Gasteiger partial charge on any atom is -0.382 e. The van der Waals surface area contributed by atoms with E-state index in [1.165, 1.54) is 30.5 Å². The lowest BCUT2D eigenvalue weighted by molar-refractivity contribution is -0.123. The number of nitrogens with one attached hydrogen (secondary N) is 1. The van der Waals surface area contributed by atoms with Crippen LogP contribution in [0.4, 0.5) is 5.69 Å². The van der Waals surface area contributed by atoms with Gasteiger partial charge in [-0.3, -0.25) is 14.6 Å². The Hall–Kier alpha value is -1.63. The van der Waals surface area contributed by atoms with Crippen molar-refractivity contribution in [3.8, 4) is 0 Å². The number of ether oxygens (including phenoxy) is 1. The SMILES string of the molecule is NC(=O)C1CCCN(Cc2ccccc2NC2CCN(C3CCOC3)CC2)C1. The minimum absolute atomic E-state index is 0.00207. The van der Waals surface area contributed by atoms with Gasteiger partial charge in [-0.15, -0.1) is 0 Å². The van der Waals surface area contributed by atoms with E-state index in [2.05, 4.69) is 39.4 Å². The van der Waals surface area contributed by atoms with Crippen LogP contribution in [-0.2, 0) is 16.1 Å². The summed E-state index contributed by atoms with van der Waals surface area (Å²) in [6.45, 7) is 6.84. The second-order valence-electron chi connectivity index (χ2n) is 8.61. The van der Waals surface area contributed by atoms with Crippen molar-refractivity contribution in [2.75, 3.05) is 44.7 Å². The molecule has 1 aromatic rings. The zero-order valence-corrected chi connectivity index (χ0v) is 16.8. The van der Waals surface area contributed by atoms with Gasteiger partial charge in [-0.25, -0.2) is 0 Å². The first-order chi connectivity index (χ1) is 13.7. The number of rotatable bonds is 6. The molecule has 2 unspecified atom stereocenters. The fourth-order valence-electron chi connectivity index (χ4n) is 4.91. The van der Waals surface area contributed by atoms with Crippen molar-refractivity contribution in [3.05, 3.63) is 29.8 Å². The Balaban J connectivity index is 1.32. The Morgan fingerprint density at radius 1 is 1.14 bits per heavy atom.